The molecule has 1 aromatic carbocycles. The molecule has 0 amide bonds. The number of allylic oxidation sites excluding steroid dienone is 1. The van der Waals surface area contributed by atoms with Gasteiger partial charge in [-0.1, -0.05) is 23.7 Å². The number of aromatic nitrogens is 1. The van der Waals surface area contributed by atoms with Crippen LogP contribution in [0.1, 0.15) is 16.8 Å². The van der Waals surface area contributed by atoms with Crippen LogP contribution in [0.2, 0.25) is 5.02 Å². The van der Waals surface area contributed by atoms with Gasteiger partial charge in [0.05, 0.1) is 27.9 Å². The second kappa shape index (κ2) is 5.82. The number of nitriles is 2. The van der Waals surface area contributed by atoms with Crippen molar-refractivity contribution in [2.45, 2.75) is 0 Å². The van der Waals surface area contributed by atoms with E-state index in [9.17, 15) is 0 Å². The maximum Gasteiger partial charge on any atom is 0.101 e. The Kier molecular flexibility index (Phi) is 3.93. The molecule has 0 radical (unpaired) electrons. The SMILES string of the molecule is N#C/C(=C\c1ccc(C#N)cc1)c1ccc(Cl)cn1. The number of nitrogens with zero attached hydrogens (tertiary/aromatic N) is 3. The number of rotatable bonds is 2. The Hall–Kier alpha value is -2.62. The third-order valence-electron chi connectivity index (χ3n) is 2.47. The first-order chi connectivity index (χ1) is 9.22. The first kappa shape index (κ1) is 12.8. The molecular formula is C15H8ClN3. The molecule has 3 nitrogen and oxygen atoms in total. The van der Waals surface area contributed by atoms with E-state index in [1.807, 2.05) is 6.07 Å². The van der Waals surface area contributed by atoms with Crippen LogP contribution in [0.25, 0.3) is 11.6 Å². The topological polar surface area (TPSA) is 60.5 Å². The maximum atomic E-state index is 9.17. The van der Waals surface area contributed by atoms with Crippen molar-refractivity contribution < 1.29 is 0 Å². The summed E-state index contributed by atoms with van der Waals surface area (Å²) in [7, 11) is 0. The summed E-state index contributed by atoms with van der Waals surface area (Å²) in [5.74, 6) is 0. The monoisotopic (exact) mass is 265 g/mol. The maximum absolute atomic E-state index is 9.17. The zero-order valence-electron chi connectivity index (χ0n) is 9.84. The molecule has 0 spiro atoms. The van der Waals surface area contributed by atoms with Crippen LogP contribution in [0.5, 0.6) is 0 Å². The molecule has 0 N–H and O–H groups in total. The van der Waals surface area contributed by atoms with Crippen molar-refractivity contribution in [1.29, 1.82) is 10.5 Å². The lowest BCUT2D eigenvalue weighted by Crippen LogP contribution is -1.86. The van der Waals surface area contributed by atoms with E-state index in [1.54, 1.807) is 42.5 Å². The van der Waals surface area contributed by atoms with Crippen molar-refractivity contribution in [2.75, 3.05) is 0 Å². The molecule has 0 saturated carbocycles. The van der Waals surface area contributed by atoms with Crippen LogP contribution in [0, 0.1) is 22.7 Å². The van der Waals surface area contributed by atoms with Gasteiger partial charge in [0.25, 0.3) is 0 Å². The molecule has 0 bridgehead atoms. The Morgan fingerprint density at radius 1 is 1.11 bits per heavy atom. The molecule has 0 saturated heterocycles. The molecule has 0 aliphatic heterocycles. The quantitative estimate of drug-likeness (QED) is 0.779. The third kappa shape index (κ3) is 3.19. The van der Waals surface area contributed by atoms with E-state index in [4.69, 9.17) is 22.1 Å². The second-order valence-electron chi connectivity index (χ2n) is 3.77. The summed E-state index contributed by atoms with van der Waals surface area (Å²) in [6.07, 6.45) is 3.22. The van der Waals surface area contributed by atoms with Crippen LogP contribution in [0.3, 0.4) is 0 Å². The molecular weight excluding hydrogens is 258 g/mol. The number of benzene rings is 1. The lowest BCUT2D eigenvalue weighted by atomic mass is 10.1. The number of hydrogen-bond donors (Lipinski definition) is 0. The van der Waals surface area contributed by atoms with Crippen molar-refractivity contribution in [3.8, 4) is 12.1 Å². The molecule has 1 aromatic heterocycles. The highest BCUT2D eigenvalue weighted by atomic mass is 35.5. The van der Waals surface area contributed by atoms with E-state index in [1.165, 1.54) is 6.20 Å². The summed E-state index contributed by atoms with van der Waals surface area (Å²) in [5, 5.41) is 18.4. The second-order valence-corrected chi connectivity index (χ2v) is 4.20. The fraction of sp³-hybridized carbons (Fsp3) is 0. The van der Waals surface area contributed by atoms with Gasteiger partial charge in [-0.15, -0.1) is 0 Å². The molecule has 0 aliphatic rings. The van der Waals surface area contributed by atoms with E-state index < -0.39 is 0 Å². The van der Waals surface area contributed by atoms with Gasteiger partial charge in [-0.25, -0.2) is 0 Å². The smallest absolute Gasteiger partial charge is 0.101 e. The molecule has 90 valence electrons. The van der Waals surface area contributed by atoms with Gasteiger partial charge in [0.1, 0.15) is 6.07 Å². The molecule has 0 aliphatic carbocycles. The van der Waals surface area contributed by atoms with Crippen molar-refractivity contribution >= 4 is 23.3 Å². The van der Waals surface area contributed by atoms with Gasteiger partial charge in [0.15, 0.2) is 0 Å². The van der Waals surface area contributed by atoms with E-state index in [0.717, 1.165) is 5.56 Å². The van der Waals surface area contributed by atoms with Gasteiger partial charge in [-0.05, 0) is 35.9 Å². The fourth-order valence-corrected chi connectivity index (χ4v) is 1.63. The molecule has 0 atom stereocenters. The van der Waals surface area contributed by atoms with Gasteiger partial charge in [0.2, 0.25) is 0 Å². The van der Waals surface area contributed by atoms with E-state index >= 15 is 0 Å². The largest absolute Gasteiger partial charge is 0.254 e. The average Bonchev–Trinajstić information content (AvgIpc) is 2.46. The standard InChI is InChI=1S/C15H8ClN3/c16-14-5-6-15(19-10-14)13(9-18)7-11-1-3-12(8-17)4-2-11/h1-7,10H/b13-7+. The predicted octanol–water partition coefficient (Wildman–Crippen LogP) is 3.67. The van der Waals surface area contributed by atoms with Crippen LogP contribution in [0.4, 0.5) is 0 Å². The number of halogens is 1. The first-order valence-corrected chi connectivity index (χ1v) is 5.84. The minimum absolute atomic E-state index is 0.446. The Balaban J connectivity index is 2.36. The van der Waals surface area contributed by atoms with Gasteiger partial charge < -0.3 is 0 Å². The molecule has 0 fully saturated rings. The first-order valence-electron chi connectivity index (χ1n) is 5.47. The van der Waals surface area contributed by atoms with Gasteiger partial charge in [0, 0.05) is 6.20 Å². The Morgan fingerprint density at radius 2 is 1.84 bits per heavy atom. The van der Waals surface area contributed by atoms with Crippen LogP contribution >= 0.6 is 11.6 Å². The van der Waals surface area contributed by atoms with Gasteiger partial charge in [-0.2, -0.15) is 10.5 Å². The van der Waals surface area contributed by atoms with Gasteiger partial charge in [-0.3, -0.25) is 4.98 Å². The normalized spacial score (nSPS) is 10.6. The lowest BCUT2D eigenvalue weighted by molar-refractivity contribution is 1.28. The van der Waals surface area contributed by atoms with Crippen molar-refractivity contribution in [1.82, 2.24) is 4.98 Å². The zero-order chi connectivity index (χ0) is 13.7. The summed E-state index contributed by atoms with van der Waals surface area (Å²) in [6, 6.07) is 14.5. The van der Waals surface area contributed by atoms with Crippen LogP contribution < -0.4 is 0 Å². The third-order valence-corrected chi connectivity index (χ3v) is 2.70. The highest BCUT2D eigenvalue weighted by molar-refractivity contribution is 6.30. The van der Waals surface area contributed by atoms with Crippen molar-refractivity contribution in [2.24, 2.45) is 0 Å². The molecule has 2 rings (SSSR count). The fourth-order valence-electron chi connectivity index (χ4n) is 1.52. The minimum Gasteiger partial charge on any atom is -0.254 e. The molecule has 4 heteroatoms. The van der Waals surface area contributed by atoms with E-state index in [-0.39, 0.29) is 0 Å². The molecule has 2 aromatic rings. The molecule has 0 unspecified atom stereocenters. The predicted molar refractivity (Wildman–Crippen MR) is 73.9 cm³/mol. The number of hydrogen-bond acceptors (Lipinski definition) is 3. The van der Waals surface area contributed by atoms with E-state index in [0.29, 0.717) is 21.9 Å². The highest BCUT2D eigenvalue weighted by Crippen LogP contribution is 2.17. The average molecular weight is 266 g/mol. The van der Waals surface area contributed by atoms with Crippen LogP contribution in [0.15, 0.2) is 42.6 Å². The Labute approximate surface area is 116 Å². The molecule has 19 heavy (non-hydrogen) atoms. The highest BCUT2D eigenvalue weighted by Gasteiger charge is 2.02. The minimum atomic E-state index is 0.446. The summed E-state index contributed by atoms with van der Waals surface area (Å²) < 4.78 is 0. The summed E-state index contributed by atoms with van der Waals surface area (Å²) >= 11 is 5.76. The van der Waals surface area contributed by atoms with Crippen LogP contribution in [-0.2, 0) is 0 Å². The zero-order valence-corrected chi connectivity index (χ0v) is 10.6. The Bertz CT molecular complexity index is 686. The van der Waals surface area contributed by atoms with Crippen LogP contribution in [-0.4, -0.2) is 4.98 Å². The lowest BCUT2D eigenvalue weighted by Gasteiger charge is -1.99. The number of pyridine rings is 1. The summed E-state index contributed by atoms with van der Waals surface area (Å²) in [5.41, 5.74) is 2.44. The molecule has 1 heterocycles. The van der Waals surface area contributed by atoms with Crippen molar-refractivity contribution in [3.05, 3.63) is 64.4 Å². The van der Waals surface area contributed by atoms with Gasteiger partial charge >= 0.3 is 0 Å². The van der Waals surface area contributed by atoms with Crippen molar-refractivity contribution in [3.63, 3.8) is 0 Å². The Morgan fingerprint density at radius 3 is 2.37 bits per heavy atom. The summed E-state index contributed by atoms with van der Waals surface area (Å²) in [6.45, 7) is 0. The summed E-state index contributed by atoms with van der Waals surface area (Å²) in [4.78, 5) is 4.10. The van der Waals surface area contributed by atoms with E-state index in [2.05, 4.69) is 11.1 Å².